The Morgan fingerprint density at radius 1 is 1.22 bits per heavy atom. The Kier molecular flexibility index (Phi) is 9.55. The smallest absolute Gasteiger partial charge is 0.191 e. The number of nitrogens with zero attached hydrogens (tertiary/aromatic N) is 2. The van der Waals surface area contributed by atoms with E-state index in [1.165, 1.54) is 19.3 Å². The highest BCUT2D eigenvalue weighted by Crippen LogP contribution is 2.04. The molecule has 2 N–H and O–H groups in total. The van der Waals surface area contributed by atoms with Crippen LogP contribution in [0, 0.1) is 0 Å². The summed E-state index contributed by atoms with van der Waals surface area (Å²) >= 11 is 0. The topological polar surface area (TPSA) is 73.8 Å². The maximum absolute atomic E-state index is 11.4. The van der Waals surface area contributed by atoms with Gasteiger partial charge in [-0.1, -0.05) is 26.2 Å². The van der Waals surface area contributed by atoms with E-state index in [9.17, 15) is 8.42 Å². The van der Waals surface area contributed by atoms with Gasteiger partial charge in [0.05, 0.1) is 18.1 Å². The van der Waals surface area contributed by atoms with E-state index in [4.69, 9.17) is 0 Å². The number of nitrogens with one attached hydrogen (secondary N) is 2. The summed E-state index contributed by atoms with van der Waals surface area (Å²) in [6.45, 7) is 10.1. The van der Waals surface area contributed by atoms with Crippen molar-refractivity contribution in [3.8, 4) is 0 Å². The standard InChI is InChI=1S/C16H34N4O2S/c1-4-6-7-8-15(3)19-16(17-5-2)18-9-10-20-11-13-23(21,22)14-12-20/h15H,4-14H2,1-3H3,(H2,17,18,19). The maximum Gasteiger partial charge on any atom is 0.191 e. The van der Waals surface area contributed by atoms with Crippen molar-refractivity contribution in [2.45, 2.75) is 52.5 Å². The van der Waals surface area contributed by atoms with Crippen LogP contribution in [0.1, 0.15) is 46.5 Å². The average Bonchev–Trinajstić information content (AvgIpc) is 2.49. The van der Waals surface area contributed by atoms with Gasteiger partial charge in [0, 0.05) is 32.2 Å². The lowest BCUT2D eigenvalue weighted by Gasteiger charge is -2.26. The Hall–Kier alpha value is -0.820. The fraction of sp³-hybridized carbons (Fsp3) is 0.938. The van der Waals surface area contributed by atoms with Crippen molar-refractivity contribution in [1.82, 2.24) is 15.5 Å². The van der Waals surface area contributed by atoms with Gasteiger partial charge in [-0.25, -0.2) is 8.42 Å². The third-order valence-electron chi connectivity index (χ3n) is 4.09. The van der Waals surface area contributed by atoms with Gasteiger partial charge in [0.25, 0.3) is 0 Å². The van der Waals surface area contributed by atoms with Gasteiger partial charge < -0.3 is 10.6 Å². The highest BCUT2D eigenvalue weighted by molar-refractivity contribution is 7.91. The molecule has 1 aliphatic heterocycles. The second-order valence-corrected chi connectivity index (χ2v) is 8.60. The Morgan fingerprint density at radius 3 is 2.52 bits per heavy atom. The predicted molar refractivity (Wildman–Crippen MR) is 97.8 cm³/mol. The quantitative estimate of drug-likeness (QED) is 0.373. The van der Waals surface area contributed by atoms with Crippen LogP contribution in [0.3, 0.4) is 0 Å². The van der Waals surface area contributed by atoms with Gasteiger partial charge >= 0.3 is 0 Å². The lowest BCUT2D eigenvalue weighted by Crippen LogP contribution is -2.44. The van der Waals surface area contributed by atoms with E-state index < -0.39 is 9.84 Å². The first-order valence-corrected chi connectivity index (χ1v) is 10.8. The minimum atomic E-state index is -2.79. The Morgan fingerprint density at radius 2 is 1.91 bits per heavy atom. The van der Waals surface area contributed by atoms with Crippen molar-refractivity contribution < 1.29 is 8.42 Å². The molecule has 0 saturated carbocycles. The van der Waals surface area contributed by atoms with Crippen LogP contribution in [0.4, 0.5) is 0 Å². The molecule has 0 spiro atoms. The number of hydrogen-bond donors (Lipinski definition) is 2. The fourth-order valence-electron chi connectivity index (χ4n) is 2.60. The van der Waals surface area contributed by atoms with Crippen LogP contribution in [0.5, 0.6) is 0 Å². The van der Waals surface area contributed by atoms with E-state index in [0.717, 1.165) is 25.5 Å². The molecule has 1 saturated heterocycles. The summed E-state index contributed by atoms with van der Waals surface area (Å²) in [4.78, 5) is 6.79. The highest BCUT2D eigenvalue weighted by atomic mass is 32.2. The van der Waals surface area contributed by atoms with Crippen LogP contribution < -0.4 is 10.6 Å². The molecule has 7 heteroatoms. The number of unbranched alkanes of at least 4 members (excludes halogenated alkanes) is 2. The third kappa shape index (κ3) is 9.15. The Bertz CT molecular complexity index is 437. The van der Waals surface area contributed by atoms with E-state index in [1.807, 2.05) is 0 Å². The largest absolute Gasteiger partial charge is 0.357 e. The number of aliphatic imine (C=N–C) groups is 1. The van der Waals surface area contributed by atoms with Crippen molar-refractivity contribution in [2.75, 3.05) is 44.2 Å². The number of rotatable bonds is 9. The molecule has 0 amide bonds. The Balaban J connectivity index is 2.33. The summed E-state index contributed by atoms with van der Waals surface area (Å²) in [5, 5.41) is 6.73. The lowest BCUT2D eigenvalue weighted by atomic mass is 10.1. The molecule has 1 heterocycles. The maximum atomic E-state index is 11.4. The molecule has 0 bridgehead atoms. The van der Waals surface area contributed by atoms with Gasteiger partial charge in [0.1, 0.15) is 0 Å². The highest BCUT2D eigenvalue weighted by Gasteiger charge is 2.20. The zero-order valence-corrected chi connectivity index (χ0v) is 15.8. The molecule has 0 aromatic rings. The predicted octanol–water partition coefficient (Wildman–Crippen LogP) is 1.24. The van der Waals surface area contributed by atoms with Crippen LogP contribution in [-0.2, 0) is 9.84 Å². The first-order valence-electron chi connectivity index (χ1n) is 8.94. The normalized spacial score (nSPS) is 20.2. The molecule has 1 fully saturated rings. The zero-order valence-electron chi connectivity index (χ0n) is 15.0. The molecular weight excluding hydrogens is 312 g/mol. The molecule has 1 rings (SSSR count). The summed E-state index contributed by atoms with van der Waals surface area (Å²) < 4.78 is 22.8. The summed E-state index contributed by atoms with van der Waals surface area (Å²) in [5.41, 5.74) is 0. The number of guanidine groups is 1. The van der Waals surface area contributed by atoms with Gasteiger partial charge in [-0.05, 0) is 20.3 Å². The molecule has 23 heavy (non-hydrogen) atoms. The van der Waals surface area contributed by atoms with E-state index >= 15 is 0 Å². The van der Waals surface area contributed by atoms with Crippen LogP contribution in [-0.4, -0.2) is 69.5 Å². The van der Waals surface area contributed by atoms with E-state index in [-0.39, 0.29) is 11.5 Å². The first kappa shape index (κ1) is 20.2. The molecule has 1 atom stereocenters. The number of sulfone groups is 1. The molecule has 1 unspecified atom stereocenters. The molecule has 6 nitrogen and oxygen atoms in total. The monoisotopic (exact) mass is 346 g/mol. The number of hydrogen-bond acceptors (Lipinski definition) is 4. The van der Waals surface area contributed by atoms with Gasteiger partial charge in [0.2, 0.25) is 0 Å². The Labute approximate surface area is 142 Å². The SMILES string of the molecule is CCCCCC(C)NC(=NCCN1CCS(=O)(=O)CC1)NCC. The van der Waals surface area contributed by atoms with Crippen molar-refractivity contribution >= 4 is 15.8 Å². The van der Waals surface area contributed by atoms with E-state index in [0.29, 0.717) is 25.7 Å². The van der Waals surface area contributed by atoms with Crippen molar-refractivity contribution in [3.63, 3.8) is 0 Å². The van der Waals surface area contributed by atoms with Crippen molar-refractivity contribution in [2.24, 2.45) is 4.99 Å². The fourth-order valence-corrected chi connectivity index (χ4v) is 3.88. The molecule has 0 aromatic carbocycles. The molecular formula is C16H34N4O2S. The summed E-state index contributed by atoms with van der Waals surface area (Å²) in [6.07, 6.45) is 4.92. The minimum Gasteiger partial charge on any atom is -0.357 e. The van der Waals surface area contributed by atoms with Gasteiger partial charge in [-0.2, -0.15) is 0 Å². The summed E-state index contributed by atoms with van der Waals surface area (Å²) in [5.74, 6) is 1.42. The third-order valence-corrected chi connectivity index (χ3v) is 5.70. The average molecular weight is 347 g/mol. The van der Waals surface area contributed by atoms with Crippen LogP contribution >= 0.6 is 0 Å². The molecule has 0 aromatic heterocycles. The van der Waals surface area contributed by atoms with E-state index in [1.54, 1.807) is 0 Å². The summed E-state index contributed by atoms with van der Waals surface area (Å²) in [6, 6.07) is 0.416. The molecule has 136 valence electrons. The second-order valence-electron chi connectivity index (χ2n) is 6.30. The molecule has 0 radical (unpaired) electrons. The van der Waals surface area contributed by atoms with E-state index in [2.05, 4.69) is 41.3 Å². The van der Waals surface area contributed by atoms with Gasteiger partial charge in [0.15, 0.2) is 15.8 Å². The molecule has 0 aliphatic carbocycles. The summed E-state index contributed by atoms with van der Waals surface area (Å²) in [7, 11) is -2.79. The van der Waals surface area contributed by atoms with Crippen molar-refractivity contribution in [1.29, 1.82) is 0 Å². The second kappa shape index (κ2) is 10.9. The minimum absolute atomic E-state index is 0.281. The van der Waals surface area contributed by atoms with Gasteiger partial charge in [-0.15, -0.1) is 0 Å². The lowest BCUT2D eigenvalue weighted by molar-refractivity contribution is 0.304. The van der Waals surface area contributed by atoms with Crippen LogP contribution in [0.25, 0.3) is 0 Å². The molecule has 1 aliphatic rings. The van der Waals surface area contributed by atoms with Crippen LogP contribution in [0.15, 0.2) is 4.99 Å². The first-order chi connectivity index (χ1) is 11.0. The van der Waals surface area contributed by atoms with Crippen molar-refractivity contribution in [3.05, 3.63) is 0 Å². The van der Waals surface area contributed by atoms with Gasteiger partial charge in [-0.3, -0.25) is 9.89 Å². The zero-order chi connectivity index (χ0) is 17.1. The van der Waals surface area contributed by atoms with Crippen LogP contribution in [0.2, 0.25) is 0 Å².